The van der Waals surface area contributed by atoms with E-state index in [4.69, 9.17) is 0 Å². The van der Waals surface area contributed by atoms with Crippen LogP contribution in [-0.4, -0.2) is 87.1 Å². The van der Waals surface area contributed by atoms with Crippen molar-refractivity contribution in [1.82, 2.24) is 25.4 Å². The van der Waals surface area contributed by atoms with E-state index in [9.17, 15) is 4.79 Å². The highest BCUT2D eigenvalue weighted by atomic mass is 127. The molecule has 0 saturated carbocycles. The van der Waals surface area contributed by atoms with Crippen molar-refractivity contribution in [3.8, 4) is 0 Å². The van der Waals surface area contributed by atoms with Gasteiger partial charge in [-0.15, -0.1) is 24.0 Å². The standard InChI is InChI=1S/C20H35N7O.HI/c1-6-27-12-8-10-17(27)14-22-20(23-15-19(28)26(4)5)21-13-16-9-7-11-18(24-16)25(2)3;/h7,9,11,17H,6,8,10,12-15H2,1-5H3,(H2,21,22,23);1H. The van der Waals surface area contributed by atoms with Gasteiger partial charge in [-0.1, -0.05) is 13.0 Å². The zero-order chi connectivity index (χ0) is 20.5. The monoisotopic (exact) mass is 517 g/mol. The first-order valence-corrected chi connectivity index (χ1v) is 10.00. The lowest BCUT2D eigenvalue weighted by Crippen LogP contribution is -2.47. The van der Waals surface area contributed by atoms with Crippen molar-refractivity contribution < 1.29 is 4.79 Å². The molecule has 164 valence electrons. The molecule has 8 nitrogen and oxygen atoms in total. The van der Waals surface area contributed by atoms with Crippen LogP contribution in [0.25, 0.3) is 0 Å². The molecule has 0 aromatic carbocycles. The average molecular weight is 517 g/mol. The lowest BCUT2D eigenvalue weighted by atomic mass is 10.2. The van der Waals surface area contributed by atoms with Gasteiger partial charge < -0.3 is 20.4 Å². The van der Waals surface area contributed by atoms with E-state index in [1.165, 1.54) is 12.8 Å². The van der Waals surface area contributed by atoms with Crippen molar-refractivity contribution in [3.63, 3.8) is 0 Å². The number of hydrogen-bond donors (Lipinski definition) is 2. The van der Waals surface area contributed by atoms with Crippen molar-refractivity contribution in [1.29, 1.82) is 0 Å². The van der Waals surface area contributed by atoms with Crippen LogP contribution in [0, 0.1) is 0 Å². The molecule has 1 atom stereocenters. The second-order valence-electron chi connectivity index (χ2n) is 7.49. The molecule has 2 heterocycles. The summed E-state index contributed by atoms with van der Waals surface area (Å²) < 4.78 is 0. The summed E-state index contributed by atoms with van der Waals surface area (Å²) in [4.78, 5) is 27.3. The molecule has 9 heteroatoms. The predicted molar refractivity (Wildman–Crippen MR) is 130 cm³/mol. The molecule has 1 aromatic heterocycles. The summed E-state index contributed by atoms with van der Waals surface area (Å²) in [5.74, 6) is 1.57. The molecule has 1 aliphatic heterocycles. The zero-order valence-corrected chi connectivity index (χ0v) is 20.6. The van der Waals surface area contributed by atoms with Gasteiger partial charge in [0.05, 0.1) is 18.8 Å². The van der Waals surface area contributed by atoms with Gasteiger partial charge in [0.2, 0.25) is 5.91 Å². The highest BCUT2D eigenvalue weighted by Gasteiger charge is 2.22. The largest absolute Gasteiger partial charge is 0.363 e. The van der Waals surface area contributed by atoms with Crippen LogP contribution in [0.1, 0.15) is 25.5 Å². The number of pyridine rings is 1. The Hall–Kier alpha value is -1.62. The first-order chi connectivity index (χ1) is 13.4. The summed E-state index contributed by atoms with van der Waals surface area (Å²) >= 11 is 0. The first kappa shape index (κ1) is 25.4. The molecule has 1 amide bonds. The van der Waals surface area contributed by atoms with E-state index in [1.807, 2.05) is 37.2 Å². The van der Waals surface area contributed by atoms with E-state index in [2.05, 4.69) is 32.4 Å². The van der Waals surface area contributed by atoms with Crippen LogP contribution >= 0.6 is 24.0 Å². The molecular weight excluding hydrogens is 481 g/mol. The fourth-order valence-electron chi connectivity index (χ4n) is 3.21. The smallest absolute Gasteiger partial charge is 0.241 e. The Morgan fingerprint density at radius 3 is 2.69 bits per heavy atom. The molecular formula is C20H36IN7O. The molecule has 1 fully saturated rings. The fraction of sp³-hybridized carbons (Fsp3) is 0.650. The Morgan fingerprint density at radius 1 is 1.28 bits per heavy atom. The lowest BCUT2D eigenvalue weighted by Gasteiger charge is -2.24. The minimum atomic E-state index is 0. The predicted octanol–water partition coefficient (Wildman–Crippen LogP) is 1.37. The molecule has 0 radical (unpaired) electrons. The van der Waals surface area contributed by atoms with E-state index in [0.29, 0.717) is 18.5 Å². The van der Waals surface area contributed by atoms with Crippen LogP contribution in [0.4, 0.5) is 5.82 Å². The van der Waals surface area contributed by atoms with Crippen molar-refractivity contribution in [2.24, 2.45) is 4.99 Å². The first-order valence-electron chi connectivity index (χ1n) is 10.00. The maximum Gasteiger partial charge on any atom is 0.241 e. The van der Waals surface area contributed by atoms with Gasteiger partial charge in [-0.2, -0.15) is 0 Å². The summed E-state index contributed by atoms with van der Waals surface area (Å²) in [6.07, 6.45) is 2.43. The van der Waals surface area contributed by atoms with Crippen LogP contribution in [0.5, 0.6) is 0 Å². The molecule has 0 aliphatic carbocycles. The second-order valence-corrected chi connectivity index (χ2v) is 7.49. The molecule has 1 aliphatic rings. The number of nitrogens with zero attached hydrogens (tertiary/aromatic N) is 5. The zero-order valence-electron chi connectivity index (χ0n) is 18.3. The van der Waals surface area contributed by atoms with Crippen molar-refractivity contribution in [2.75, 3.05) is 59.3 Å². The molecule has 2 rings (SSSR count). The van der Waals surface area contributed by atoms with Gasteiger partial charge in [0.1, 0.15) is 5.82 Å². The summed E-state index contributed by atoms with van der Waals surface area (Å²) in [5, 5.41) is 6.57. The van der Waals surface area contributed by atoms with Crippen LogP contribution in [-0.2, 0) is 11.3 Å². The van der Waals surface area contributed by atoms with Crippen LogP contribution in [0.15, 0.2) is 23.2 Å². The topological polar surface area (TPSA) is 76.1 Å². The third kappa shape index (κ3) is 8.33. The van der Waals surface area contributed by atoms with Crippen molar-refractivity contribution in [3.05, 3.63) is 23.9 Å². The Kier molecular flexibility index (Phi) is 11.3. The number of aliphatic imine (C=N–C) groups is 1. The molecule has 1 aromatic rings. The number of likely N-dealkylation sites (tertiary alicyclic amines) is 1. The van der Waals surface area contributed by atoms with Gasteiger partial charge in [-0.05, 0) is 38.1 Å². The van der Waals surface area contributed by atoms with E-state index in [1.54, 1.807) is 19.0 Å². The maximum absolute atomic E-state index is 12.0. The van der Waals surface area contributed by atoms with Gasteiger partial charge in [-0.25, -0.2) is 9.98 Å². The minimum Gasteiger partial charge on any atom is -0.363 e. The number of nitrogens with one attached hydrogen (secondary N) is 2. The molecule has 0 spiro atoms. The van der Waals surface area contributed by atoms with E-state index in [-0.39, 0.29) is 36.4 Å². The highest BCUT2D eigenvalue weighted by molar-refractivity contribution is 14.0. The van der Waals surface area contributed by atoms with Gasteiger partial charge >= 0.3 is 0 Å². The molecule has 1 unspecified atom stereocenters. The van der Waals surface area contributed by atoms with Crippen LogP contribution in [0.3, 0.4) is 0 Å². The SMILES string of the molecule is CCN1CCCC1CNC(=NCc1cccc(N(C)C)n1)NCC(=O)N(C)C.I. The number of anilines is 1. The number of hydrogen-bond acceptors (Lipinski definition) is 5. The molecule has 1 saturated heterocycles. The number of carbonyl (C=O) groups excluding carboxylic acids is 1. The summed E-state index contributed by atoms with van der Waals surface area (Å²) in [6, 6.07) is 6.44. The number of halogens is 1. The normalized spacial score (nSPS) is 16.9. The molecule has 0 bridgehead atoms. The summed E-state index contributed by atoms with van der Waals surface area (Å²) in [6.45, 7) is 5.91. The van der Waals surface area contributed by atoms with Crippen molar-refractivity contribution in [2.45, 2.75) is 32.4 Å². The highest BCUT2D eigenvalue weighted by Crippen LogP contribution is 2.15. The van der Waals surface area contributed by atoms with Crippen LogP contribution < -0.4 is 15.5 Å². The van der Waals surface area contributed by atoms with Gasteiger partial charge in [-0.3, -0.25) is 9.69 Å². The summed E-state index contributed by atoms with van der Waals surface area (Å²) in [7, 11) is 7.45. The number of carbonyl (C=O) groups is 1. The van der Waals surface area contributed by atoms with Gasteiger partial charge in [0.25, 0.3) is 0 Å². The lowest BCUT2D eigenvalue weighted by molar-refractivity contribution is -0.127. The maximum atomic E-state index is 12.0. The number of rotatable bonds is 8. The fourth-order valence-corrected chi connectivity index (χ4v) is 3.21. The number of amides is 1. The third-order valence-corrected chi connectivity index (χ3v) is 4.97. The molecule has 29 heavy (non-hydrogen) atoms. The summed E-state index contributed by atoms with van der Waals surface area (Å²) in [5.41, 5.74) is 0.891. The van der Waals surface area contributed by atoms with E-state index in [0.717, 1.165) is 31.1 Å². The molecule has 2 N–H and O–H groups in total. The van der Waals surface area contributed by atoms with Gasteiger partial charge in [0.15, 0.2) is 5.96 Å². The Bertz CT molecular complexity index is 666. The Morgan fingerprint density at radius 2 is 2.03 bits per heavy atom. The number of guanidine groups is 1. The van der Waals surface area contributed by atoms with E-state index < -0.39 is 0 Å². The van der Waals surface area contributed by atoms with Crippen LogP contribution in [0.2, 0.25) is 0 Å². The number of aromatic nitrogens is 1. The van der Waals surface area contributed by atoms with E-state index >= 15 is 0 Å². The minimum absolute atomic E-state index is 0. The quantitative estimate of drug-likeness (QED) is 0.308. The Balaban J connectivity index is 0.00000420. The van der Waals surface area contributed by atoms with Gasteiger partial charge in [0, 0.05) is 40.8 Å². The third-order valence-electron chi connectivity index (χ3n) is 4.97. The number of likely N-dealkylation sites (N-methyl/N-ethyl adjacent to an activating group) is 2. The van der Waals surface area contributed by atoms with Crippen molar-refractivity contribution >= 4 is 41.7 Å². The second kappa shape index (κ2) is 12.8. The average Bonchev–Trinajstić information content (AvgIpc) is 3.14. The Labute approximate surface area is 192 Å².